The Balaban J connectivity index is 2.50. The molecule has 1 aromatic heterocycles. The Bertz CT molecular complexity index is 471. The molecular formula is C12H17N3. The summed E-state index contributed by atoms with van der Waals surface area (Å²) in [5.74, 6) is 1.10. The first-order valence-electron chi connectivity index (χ1n) is 5.35. The number of nitrogens with zero attached hydrogens (tertiary/aromatic N) is 2. The highest BCUT2D eigenvalue weighted by Crippen LogP contribution is 2.18. The molecule has 1 N–H and O–H groups in total. The lowest BCUT2D eigenvalue weighted by Gasteiger charge is -2.03. The second kappa shape index (κ2) is 4.03. The van der Waals surface area contributed by atoms with Crippen molar-refractivity contribution in [2.45, 2.75) is 20.4 Å². The highest BCUT2D eigenvalue weighted by Gasteiger charge is 2.08. The molecule has 0 saturated carbocycles. The molecular weight excluding hydrogens is 186 g/mol. The third-order valence-electron chi connectivity index (χ3n) is 2.72. The van der Waals surface area contributed by atoms with Crippen LogP contribution in [0, 0.1) is 6.92 Å². The van der Waals surface area contributed by atoms with Crippen LogP contribution in [0.5, 0.6) is 0 Å². The molecule has 0 unspecified atom stereocenters. The molecule has 3 heteroatoms. The topological polar surface area (TPSA) is 29.9 Å². The quantitative estimate of drug-likeness (QED) is 0.826. The van der Waals surface area contributed by atoms with E-state index in [1.54, 1.807) is 0 Å². The minimum absolute atomic E-state index is 0.834. The standard InChI is InChI=1S/C12H17N3/c1-4-13-8-11-14-10-7-5-6-9(2)12(10)15(11)3/h5-7,13H,4,8H2,1-3H3. The third kappa shape index (κ3) is 1.75. The number of hydrogen-bond donors (Lipinski definition) is 1. The smallest absolute Gasteiger partial charge is 0.123 e. The molecule has 0 aliphatic heterocycles. The Labute approximate surface area is 90.1 Å². The average molecular weight is 203 g/mol. The Hall–Kier alpha value is -1.35. The van der Waals surface area contributed by atoms with E-state index in [1.807, 2.05) is 0 Å². The zero-order valence-electron chi connectivity index (χ0n) is 9.54. The normalized spacial score (nSPS) is 11.1. The van der Waals surface area contributed by atoms with Crippen molar-refractivity contribution in [3.63, 3.8) is 0 Å². The Kier molecular flexibility index (Phi) is 2.73. The molecule has 1 aromatic carbocycles. The van der Waals surface area contributed by atoms with Gasteiger partial charge in [-0.25, -0.2) is 4.98 Å². The number of fused-ring (bicyclic) bond motifs is 1. The van der Waals surface area contributed by atoms with Gasteiger partial charge >= 0.3 is 0 Å². The molecule has 0 saturated heterocycles. The summed E-state index contributed by atoms with van der Waals surface area (Å²) < 4.78 is 2.17. The first-order chi connectivity index (χ1) is 7.24. The van der Waals surface area contributed by atoms with Crippen molar-refractivity contribution in [1.82, 2.24) is 14.9 Å². The number of imidazole rings is 1. The molecule has 0 aliphatic carbocycles. The minimum atomic E-state index is 0.834. The van der Waals surface area contributed by atoms with Gasteiger partial charge in [0.15, 0.2) is 0 Å². The van der Waals surface area contributed by atoms with E-state index < -0.39 is 0 Å². The molecule has 2 aromatic rings. The Morgan fingerprint density at radius 3 is 2.87 bits per heavy atom. The van der Waals surface area contributed by atoms with Gasteiger partial charge < -0.3 is 9.88 Å². The Morgan fingerprint density at radius 1 is 1.40 bits per heavy atom. The van der Waals surface area contributed by atoms with Crippen molar-refractivity contribution < 1.29 is 0 Å². The first-order valence-corrected chi connectivity index (χ1v) is 5.35. The summed E-state index contributed by atoms with van der Waals surface area (Å²) in [6.45, 7) is 6.04. The van der Waals surface area contributed by atoms with Gasteiger partial charge in [-0.2, -0.15) is 0 Å². The number of para-hydroxylation sites is 1. The molecule has 80 valence electrons. The molecule has 15 heavy (non-hydrogen) atoms. The molecule has 0 aliphatic rings. The van der Waals surface area contributed by atoms with E-state index in [1.165, 1.54) is 11.1 Å². The van der Waals surface area contributed by atoms with Crippen LogP contribution >= 0.6 is 0 Å². The van der Waals surface area contributed by atoms with Crippen molar-refractivity contribution in [1.29, 1.82) is 0 Å². The van der Waals surface area contributed by atoms with E-state index in [2.05, 4.69) is 54.0 Å². The molecule has 0 amide bonds. The number of hydrogen-bond acceptors (Lipinski definition) is 2. The van der Waals surface area contributed by atoms with Gasteiger partial charge in [-0.3, -0.25) is 0 Å². The lowest BCUT2D eigenvalue weighted by molar-refractivity contribution is 0.667. The summed E-state index contributed by atoms with van der Waals surface area (Å²) in [7, 11) is 2.08. The van der Waals surface area contributed by atoms with Crippen molar-refractivity contribution >= 4 is 11.0 Å². The van der Waals surface area contributed by atoms with Crippen LogP contribution in [0.15, 0.2) is 18.2 Å². The van der Waals surface area contributed by atoms with Crippen LogP contribution in [0.25, 0.3) is 11.0 Å². The molecule has 0 atom stereocenters. The largest absolute Gasteiger partial charge is 0.330 e. The van der Waals surface area contributed by atoms with Crippen molar-refractivity contribution in [2.24, 2.45) is 7.05 Å². The number of aromatic nitrogens is 2. The zero-order chi connectivity index (χ0) is 10.8. The van der Waals surface area contributed by atoms with Gasteiger partial charge in [0.05, 0.1) is 17.6 Å². The van der Waals surface area contributed by atoms with Crippen LogP contribution in [0.4, 0.5) is 0 Å². The van der Waals surface area contributed by atoms with Crippen molar-refractivity contribution in [2.75, 3.05) is 6.54 Å². The fourth-order valence-electron chi connectivity index (χ4n) is 1.91. The average Bonchev–Trinajstić information content (AvgIpc) is 2.54. The number of benzene rings is 1. The van der Waals surface area contributed by atoms with Crippen LogP contribution in [0.3, 0.4) is 0 Å². The third-order valence-corrected chi connectivity index (χ3v) is 2.72. The SMILES string of the molecule is CCNCc1nc2cccc(C)c2n1C. The van der Waals surface area contributed by atoms with E-state index in [0.717, 1.165) is 24.4 Å². The van der Waals surface area contributed by atoms with E-state index >= 15 is 0 Å². The van der Waals surface area contributed by atoms with Crippen LogP contribution in [-0.4, -0.2) is 16.1 Å². The summed E-state index contributed by atoms with van der Waals surface area (Å²) in [6.07, 6.45) is 0. The number of aryl methyl sites for hydroxylation is 2. The van der Waals surface area contributed by atoms with Gasteiger partial charge in [0.25, 0.3) is 0 Å². The molecule has 1 heterocycles. The summed E-state index contributed by atoms with van der Waals surface area (Å²) in [5.41, 5.74) is 3.61. The monoisotopic (exact) mass is 203 g/mol. The van der Waals surface area contributed by atoms with E-state index in [0.29, 0.717) is 0 Å². The van der Waals surface area contributed by atoms with Gasteiger partial charge in [-0.1, -0.05) is 19.1 Å². The van der Waals surface area contributed by atoms with Crippen LogP contribution in [0.1, 0.15) is 18.3 Å². The second-order valence-corrected chi connectivity index (χ2v) is 3.81. The second-order valence-electron chi connectivity index (χ2n) is 3.81. The fourth-order valence-corrected chi connectivity index (χ4v) is 1.91. The van der Waals surface area contributed by atoms with Gasteiger partial charge in [-0.05, 0) is 25.1 Å². The summed E-state index contributed by atoms with van der Waals surface area (Å²) >= 11 is 0. The first kappa shape index (κ1) is 10.2. The Morgan fingerprint density at radius 2 is 2.20 bits per heavy atom. The molecule has 0 bridgehead atoms. The van der Waals surface area contributed by atoms with Crippen LogP contribution < -0.4 is 5.32 Å². The number of nitrogens with one attached hydrogen (secondary N) is 1. The molecule has 0 radical (unpaired) electrons. The lowest BCUT2D eigenvalue weighted by atomic mass is 10.2. The van der Waals surface area contributed by atoms with E-state index in [9.17, 15) is 0 Å². The van der Waals surface area contributed by atoms with E-state index in [4.69, 9.17) is 0 Å². The zero-order valence-corrected chi connectivity index (χ0v) is 9.54. The van der Waals surface area contributed by atoms with E-state index in [-0.39, 0.29) is 0 Å². The van der Waals surface area contributed by atoms with Gasteiger partial charge in [0.2, 0.25) is 0 Å². The highest BCUT2D eigenvalue weighted by molar-refractivity contribution is 5.79. The maximum Gasteiger partial charge on any atom is 0.123 e. The van der Waals surface area contributed by atoms with Crippen molar-refractivity contribution in [3.05, 3.63) is 29.6 Å². The van der Waals surface area contributed by atoms with Crippen LogP contribution in [0.2, 0.25) is 0 Å². The number of rotatable bonds is 3. The minimum Gasteiger partial charge on any atom is -0.330 e. The predicted molar refractivity (Wildman–Crippen MR) is 62.8 cm³/mol. The van der Waals surface area contributed by atoms with Crippen molar-refractivity contribution in [3.8, 4) is 0 Å². The van der Waals surface area contributed by atoms with Gasteiger partial charge in [-0.15, -0.1) is 0 Å². The van der Waals surface area contributed by atoms with Gasteiger partial charge in [0.1, 0.15) is 5.82 Å². The maximum atomic E-state index is 4.61. The molecule has 3 nitrogen and oxygen atoms in total. The summed E-state index contributed by atoms with van der Waals surface area (Å²) in [6, 6.07) is 6.25. The molecule has 2 rings (SSSR count). The van der Waals surface area contributed by atoms with Crippen LogP contribution in [-0.2, 0) is 13.6 Å². The maximum absolute atomic E-state index is 4.61. The summed E-state index contributed by atoms with van der Waals surface area (Å²) in [4.78, 5) is 4.61. The fraction of sp³-hybridized carbons (Fsp3) is 0.417. The molecule has 0 fully saturated rings. The molecule has 0 spiro atoms. The van der Waals surface area contributed by atoms with Gasteiger partial charge in [0, 0.05) is 7.05 Å². The predicted octanol–water partition coefficient (Wildman–Crippen LogP) is 1.99. The lowest BCUT2D eigenvalue weighted by Crippen LogP contribution is -2.15. The highest BCUT2D eigenvalue weighted by atomic mass is 15.1. The summed E-state index contributed by atoms with van der Waals surface area (Å²) in [5, 5.41) is 3.30.